The van der Waals surface area contributed by atoms with Crippen LogP contribution < -0.4 is 14.8 Å². The van der Waals surface area contributed by atoms with E-state index in [4.69, 9.17) is 9.47 Å². The number of carbonyl (C=O) groups is 1. The lowest BCUT2D eigenvalue weighted by atomic mass is 10.3. The molecule has 2 aromatic rings. The Bertz CT molecular complexity index is 689. The van der Waals surface area contributed by atoms with Gasteiger partial charge in [0.1, 0.15) is 11.5 Å². The molecular weight excluding hydrogens is 304 g/mol. The largest absolute Gasteiger partial charge is 0.489 e. The molecule has 0 spiro atoms. The van der Waals surface area contributed by atoms with Crippen LogP contribution in [-0.2, 0) is 4.79 Å². The second kappa shape index (κ2) is 7.58. The lowest BCUT2D eigenvalue weighted by Gasteiger charge is -2.15. The third kappa shape index (κ3) is 4.95. The summed E-state index contributed by atoms with van der Waals surface area (Å²) in [6.45, 7) is 3.43. The van der Waals surface area contributed by atoms with E-state index in [1.165, 1.54) is 6.07 Å². The van der Waals surface area contributed by atoms with Gasteiger partial charge in [-0.2, -0.15) is 0 Å². The van der Waals surface area contributed by atoms with Crippen molar-refractivity contribution in [1.82, 2.24) is 0 Å². The van der Waals surface area contributed by atoms with Gasteiger partial charge in [-0.25, -0.2) is 8.78 Å². The summed E-state index contributed by atoms with van der Waals surface area (Å²) in [6.07, 6.45) is -0.0357. The number of nitrogens with one attached hydrogen (secondary N) is 1. The van der Waals surface area contributed by atoms with E-state index in [0.29, 0.717) is 11.4 Å². The van der Waals surface area contributed by atoms with E-state index in [2.05, 4.69) is 5.32 Å². The van der Waals surface area contributed by atoms with E-state index in [9.17, 15) is 13.6 Å². The highest BCUT2D eigenvalue weighted by atomic mass is 19.2. The Kier molecular flexibility index (Phi) is 5.51. The Labute approximate surface area is 133 Å². The van der Waals surface area contributed by atoms with Crippen LogP contribution in [0.15, 0.2) is 42.5 Å². The molecular formula is C17H17F2NO3. The van der Waals surface area contributed by atoms with Crippen molar-refractivity contribution in [2.75, 3.05) is 11.9 Å². The topological polar surface area (TPSA) is 47.6 Å². The van der Waals surface area contributed by atoms with E-state index >= 15 is 0 Å². The molecule has 0 fully saturated rings. The average molecular weight is 321 g/mol. The molecule has 0 bridgehead atoms. The first kappa shape index (κ1) is 16.7. The Balaban J connectivity index is 1.96. The highest BCUT2D eigenvalue weighted by Gasteiger charge is 2.10. The molecule has 2 aromatic carbocycles. The number of ether oxygens (including phenoxy) is 2. The van der Waals surface area contributed by atoms with Gasteiger partial charge in [0.2, 0.25) is 0 Å². The van der Waals surface area contributed by atoms with Crippen LogP contribution in [0.2, 0.25) is 0 Å². The zero-order valence-corrected chi connectivity index (χ0v) is 12.8. The fraction of sp³-hybridized carbons (Fsp3) is 0.235. The Morgan fingerprint density at radius 1 is 1.13 bits per heavy atom. The summed E-state index contributed by atoms with van der Waals surface area (Å²) in [6, 6.07) is 10.1. The van der Waals surface area contributed by atoms with Gasteiger partial charge in [0.05, 0.1) is 11.8 Å². The summed E-state index contributed by atoms with van der Waals surface area (Å²) < 4.78 is 36.6. The van der Waals surface area contributed by atoms with Gasteiger partial charge in [0.15, 0.2) is 18.2 Å². The van der Waals surface area contributed by atoms with Crippen molar-refractivity contribution in [2.24, 2.45) is 0 Å². The predicted octanol–water partition coefficient (Wildman–Crippen LogP) is 3.77. The molecule has 0 aliphatic carbocycles. The number of hydrogen-bond donors (Lipinski definition) is 1. The number of carbonyl (C=O) groups excluding carboxylic acids is 1. The molecule has 0 aliphatic rings. The first-order valence-electron chi connectivity index (χ1n) is 7.09. The minimum Gasteiger partial charge on any atom is -0.489 e. The molecule has 2 rings (SSSR count). The Morgan fingerprint density at radius 2 is 1.87 bits per heavy atom. The molecule has 4 nitrogen and oxygen atoms in total. The van der Waals surface area contributed by atoms with Crippen molar-refractivity contribution in [3.05, 3.63) is 54.1 Å². The summed E-state index contributed by atoms with van der Waals surface area (Å²) in [7, 11) is 0. The number of hydrogen-bond acceptors (Lipinski definition) is 3. The van der Waals surface area contributed by atoms with Crippen molar-refractivity contribution in [3.8, 4) is 11.5 Å². The molecule has 0 aromatic heterocycles. The van der Waals surface area contributed by atoms with Crippen LogP contribution >= 0.6 is 0 Å². The van der Waals surface area contributed by atoms with E-state index in [1.807, 2.05) is 13.8 Å². The van der Waals surface area contributed by atoms with E-state index in [1.54, 1.807) is 24.3 Å². The second-order valence-electron chi connectivity index (χ2n) is 5.08. The van der Waals surface area contributed by atoms with Gasteiger partial charge in [-0.1, -0.05) is 12.1 Å². The van der Waals surface area contributed by atoms with Crippen molar-refractivity contribution in [3.63, 3.8) is 0 Å². The van der Waals surface area contributed by atoms with Crippen LogP contribution in [0.3, 0.4) is 0 Å². The minimum absolute atomic E-state index is 0.0357. The van der Waals surface area contributed by atoms with Crippen LogP contribution in [0.5, 0.6) is 11.5 Å². The Morgan fingerprint density at radius 3 is 2.57 bits per heavy atom. The van der Waals surface area contributed by atoms with Gasteiger partial charge in [-0.3, -0.25) is 4.79 Å². The quantitative estimate of drug-likeness (QED) is 0.881. The van der Waals surface area contributed by atoms with Gasteiger partial charge >= 0.3 is 0 Å². The molecule has 0 heterocycles. The van der Waals surface area contributed by atoms with Crippen molar-refractivity contribution < 1.29 is 23.0 Å². The number of amides is 1. The molecule has 23 heavy (non-hydrogen) atoms. The fourth-order valence-corrected chi connectivity index (χ4v) is 1.83. The zero-order chi connectivity index (χ0) is 16.8. The van der Waals surface area contributed by atoms with Gasteiger partial charge in [-0.15, -0.1) is 0 Å². The molecule has 0 saturated carbocycles. The third-order valence-electron chi connectivity index (χ3n) is 2.78. The van der Waals surface area contributed by atoms with E-state index < -0.39 is 17.5 Å². The SMILES string of the molecule is CC(C)Oc1ccccc1NC(=O)COc1ccc(F)c(F)c1. The normalized spacial score (nSPS) is 10.5. The summed E-state index contributed by atoms with van der Waals surface area (Å²) >= 11 is 0. The van der Waals surface area contributed by atoms with Crippen molar-refractivity contribution >= 4 is 11.6 Å². The first-order valence-corrected chi connectivity index (χ1v) is 7.09. The maximum absolute atomic E-state index is 13.1. The highest BCUT2D eigenvalue weighted by Crippen LogP contribution is 2.24. The van der Waals surface area contributed by atoms with E-state index in [0.717, 1.165) is 12.1 Å². The zero-order valence-electron chi connectivity index (χ0n) is 12.8. The molecule has 0 atom stereocenters. The van der Waals surface area contributed by atoms with Gasteiger partial charge < -0.3 is 14.8 Å². The monoisotopic (exact) mass is 321 g/mol. The summed E-state index contributed by atoms with van der Waals surface area (Å²) in [5.41, 5.74) is 0.514. The molecule has 1 amide bonds. The number of rotatable bonds is 6. The lowest BCUT2D eigenvalue weighted by molar-refractivity contribution is -0.118. The molecule has 6 heteroatoms. The minimum atomic E-state index is -1.03. The standard InChI is InChI=1S/C17H17F2NO3/c1-11(2)23-16-6-4-3-5-15(16)20-17(21)10-22-12-7-8-13(18)14(19)9-12/h3-9,11H,10H2,1-2H3,(H,20,21). The van der Waals surface area contributed by atoms with E-state index in [-0.39, 0.29) is 18.5 Å². The van der Waals surface area contributed by atoms with Crippen LogP contribution in [0.4, 0.5) is 14.5 Å². The number of benzene rings is 2. The Hall–Kier alpha value is -2.63. The van der Waals surface area contributed by atoms with Crippen LogP contribution in [0.25, 0.3) is 0 Å². The molecule has 1 N–H and O–H groups in total. The maximum atomic E-state index is 13.1. The van der Waals surface area contributed by atoms with Crippen molar-refractivity contribution in [1.29, 1.82) is 0 Å². The summed E-state index contributed by atoms with van der Waals surface area (Å²) in [5.74, 6) is -1.82. The fourth-order valence-electron chi connectivity index (χ4n) is 1.83. The molecule has 0 unspecified atom stereocenters. The lowest BCUT2D eigenvalue weighted by Crippen LogP contribution is -2.21. The first-order chi connectivity index (χ1) is 11.0. The average Bonchev–Trinajstić information content (AvgIpc) is 2.50. The van der Waals surface area contributed by atoms with Crippen LogP contribution in [-0.4, -0.2) is 18.6 Å². The van der Waals surface area contributed by atoms with Gasteiger partial charge in [-0.05, 0) is 38.1 Å². The van der Waals surface area contributed by atoms with Gasteiger partial charge in [0, 0.05) is 6.07 Å². The van der Waals surface area contributed by atoms with Crippen LogP contribution in [0.1, 0.15) is 13.8 Å². The smallest absolute Gasteiger partial charge is 0.262 e. The number of para-hydroxylation sites is 2. The number of anilines is 1. The highest BCUT2D eigenvalue weighted by molar-refractivity contribution is 5.93. The molecule has 0 aliphatic heterocycles. The summed E-state index contributed by atoms with van der Waals surface area (Å²) in [4.78, 5) is 11.9. The molecule has 122 valence electrons. The van der Waals surface area contributed by atoms with Gasteiger partial charge in [0.25, 0.3) is 5.91 Å². The summed E-state index contributed by atoms with van der Waals surface area (Å²) in [5, 5.41) is 2.66. The third-order valence-corrected chi connectivity index (χ3v) is 2.78. The number of halogens is 2. The molecule has 0 radical (unpaired) electrons. The maximum Gasteiger partial charge on any atom is 0.262 e. The second-order valence-corrected chi connectivity index (χ2v) is 5.08. The molecule has 0 saturated heterocycles. The van der Waals surface area contributed by atoms with Crippen molar-refractivity contribution in [2.45, 2.75) is 20.0 Å². The predicted molar refractivity (Wildman–Crippen MR) is 82.7 cm³/mol. The van der Waals surface area contributed by atoms with Crippen LogP contribution in [0, 0.1) is 11.6 Å².